The van der Waals surface area contributed by atoms with Gasteiger partial charge in [-0.3, -0.25) is 10.1 Å². The predicted molar refractivity (Wildman–Crippen MR) is 99.7 cm³/mol. The number of amides is 1. The van der Waals surface area contributed by atoms with E-state index in [9.17, 15) is 9.59 Å². The van der Waals surface area contributed by atoms with Crippen LogP contribution < -0.4 is 5.32 Å². The van der Waals surface area contributed by atoms with Crippen molar-refractivity contribution >= 4 is 28.3 Å². The number of carbonyl (C=O) groups excluding carboxylic acids is 2. The van der Waals surface area contributed by atoms with Crippen molar-refractivity contribution in [1.82, 2.24) is 9.97 Å². The Labute approximate surface area is 154 Å². The second kappa shape index (κ2) is 6.76. The number of esters is 1. The van der Waals surface area contributed by atoms with Gasteiger partial charge >= 0.3 is 5.97 Å². The topological polar surface area (TPSA) is 84.1 Å². The lowest BCUT2D eigenvalue weighted by Crippen LogP contribution is -2.12. The third-order valence-corrected chi connectivity index (χ3v) is 5.23. The molecule has 1 amide bonds. The van der Waals surface area contributed by atoms with Crippen LogP contribution in [0, 0.1) is 0 Å². The van der Waals surface area contributed by atoms with Gasteiger partial charge in [0.25, 0.3) is 5.91 Å². The highest BCUT2D eigenvalue weighted by atomic mass is 32.1. The van der Waals surface area contributed by atoms with Crippen LogP contribution in [0.15, 0.2) is 35.8 Å². The monoisotopic (exact) mass is 367 g/mol. The summed E-state index contributed by atoms with van der Waals surface area (Å²) in [5.41, 5.74) is 5.06. The average molecular weight is 367 g/mol. The number of nitrogens with zero attached hydrogens (tertiary/aromatic N) is 1. The maximum Gasteiger partial charge on any atom is 0.354 e. The summed E-state index contributed by atoms with van der Waals surface area (Å²) >= 11 is 1.34. The van der Waals surface area contributed by atoms with Gasteiger partial charge in [0.2, 0.25) is 0 Å². The zero-order valence-electron chi connectivity index (χ0n) is 14.2. The van der Waals surface area contributed by atoms with Crippen molar-refractivity contribution in [3.63, 3.8) is 0 Å². The number of anilines is 1. The van der Waals surface area contributed by atoms with E-state index in [-0.39, 0.29) is 5.91 Å². The highest BCUT2D eigenvalue weighted by Gasteiger charge is 2.16. The number of aryl methyl sites for hydroxylation is 2. The second-order valence-corrected chi connectivity index (χ2v) is 6.98. The van der Waals surface area contributed by atoms with E-state index in [4.69, 9.17) is 0 Å². The maximum absolute atomic E-state index is 12.5. The van der Waals surface area contributed by atoms with Gasteiger partial charge in [0.05, 0.1) is 12.8 Å². The van der Waals surface area contributed by atoms with E-state index in [1.54, 1.807) is 12.3 Å². The number of methoxy groups -OCH3 is 1. The van der Waals surface area contributed by atoms with Crippen LogP contribution in [0.4, 0.5) is 5.13 Å². The fourth-order valence-electron chi connectivity index (χ4n) is 3.12. The van der Waals surface area contributed by atoms with E-state index in [1.165, 1.54) is 29.6 Å². The van der Waals surface area contributed by atoms with Gasteiger partial charge in [-0.25, -0.2) is 9.78 Å². The largest absolute Gasteiger partial charge is 0.464 e. The molecule has 0 bridgehead atoms. The van der Waals surface area contributed by atoms with Gasteiger partial charge in [-0.2, -0.15) is 0 Å². The Morgan fingerprint density at radius 2 is 2.08 bits per heavy atom. The van der Waals surface area contributed by atoms with E-state index >= 15 is 0 Å². The SMILES string of the molecule is COC(=O)c1cc(-c2csc(NC(=O)c3ccc4c(c3)CCC4)n2)c[nH]1. The van der Waals surface area contributed by atoms with Gasteiger partial charge in [-0.05, 0) is 48.6 Å². The van der Waals surface area contributed by atoms with E-state index in [0.29, 0.717) is 22.1 Å². The number of hydrogen-bond donors (Lipinski definition) is 2. The van der Waals surface area contributed by atoms with Crippen LogP contribution >= 0.6 is 11.3 Å². The molecule has 4 rings (SSSR count). The fraction of sp³-hybridized carbons (Fsp3) is 0.211. The van der Waals surface area contributed by atoms with Gasteiger partial charge < -0.3 is 9.72 Å². The van der Waals surface area contributed by atoms with Crippen molar-refractivity contribution in [2.24, 2.45) is 0 Å². The molecule has 7 heteroatoms. The second-order valence-electron chi connectivity index (χ2n) is 6.12. The number of aromatic amines is 1. The Morgan fingerprint density at radius 1 is 1.23 bits per heavy atom. The normalized spacial score (nSPS) is 12.7. The Kier molecular flexibility index (Phi) is 4.30. The molecule has 0 spiro atoms. The lowest BCUT2D eigenvalue weighted by molar-refractivity contribution is 0.0594. The molecule has 0 unspecified atom stereocenters. The van der Waals surface area contributed by atoms with Crippen LogP contribution in [0.3, 0.4) is 0 Å². The average Bonchev–Trinajstić information content (AvgIpc) is 3.39. The van der Waals surface area contributed by atoms with Gasteiger partial charge in [0.15, 0.2) is 5.13 Å². The standard InChI is InChI=1S/C19H17N3O3S/c1-25-18(24)15-8-14(9-20-15)16-10-26-19(21-16)22-17(23)13-6-5-11-3-2-4-12(11)7-13/h5-10,20H,2-4H2,1H3,(H,21,22,23). The number of nitrogens with one attached hydrogen (secondary N) is 2. The summed E-state index contributed by atoms with van der Waals surface area (Å²) in [6.45, 7) is 0. The molecule has 0 aliphatic heterocycles. The van der Waals surface area contributed by atoms with Crippen LogP contribution in [0.2, 0.25) is 0 Å². The van der Waals surface area contributed by atoms with Crippen molar-refractivity contribution < 1.29 is 14.3 Å². The highest BCUT2D eigenvalue weighted by molar-refractivity contribution is 7.14. The summed E-state index contributed by atoms with van der Waals surface area (Å²) < 4.78 is 4.68. The molecule has 0 atom stereocenters. The molecular formula is C19H17N3O3S. The van der Waals surface area contributed by atoms with Crippen molar-refractivity contribution in [3.05, 3.63) is 58.2 Å². The van der Waals surface area contributed by atoms with Gasteiger partial charge in [0.1, 0.15) is 5.69 Å². The molecule has 0 saturated carbocycles. The minimum absolute atomic E-state index is 0.162. The van der Waals surface area contributed by atoms with E-state index in [0.717, 1.165) is 24.8 Å². The number of H-pyrrole nitrogens is 1. The molecule has 1 aromatic carbocycles. The van der Waals surface area contributed by atoms with Gasteiger partial charge in [-0.15, -0.1) is 11.3 Å². The van der Waals surface area contributed by atoms with Crippen molar-refractivity contribution in [2.45, 2.75) is 19.3 Å². The number of aromatic nitrogens is 2. The minimum Gasteiger partial charge on any atom is -0.464 e. The smallest absolute Gasteiger partial charge is 0.354 e. The van der Waals surface area contributed by atoms with Crippen LogP contribution in [0.5, 0.6) is 0 Å². The molecule has 3 aromatic rings. The van der Waals surface area contributed by atoms with Gasteiger partial charge in [0, 0.05) is 22.7 Å². The molecule has 0 radical (unpaired) electrons. The first-order valence-electron chi connectivity index (χ1n) is 8.30. The number of benzene rings is 1. The Hall–Kier alpha value is -2.93. The van der Waals surface area contributed by atoms with Crippen LogP contribution in [-0.4, -0.2) is 29.0 Å². The van der Waals surface area contributed by atoms with Crippen LogP contribution in [0.1, 0.15) is 38.4 Å². The zero-order valence-corrected chi connectivity index (χ0v) is 15.0. The highest BCUT2D eigenvalue weighted by Crippen LogP contribution is 2.27. The van der Waals surface area contributed by atoms with E-state index in [1.807, 2.05) is 23.6 Å². The van der Waals surface area contributed by atoms with Crippen LogP contribution in [0.25, 0.3) is 11.3 Å². The van der Waals surface area contributed by atoms with Crippen molar-refractivity contribution in [3.8, 4) is 11.3 Å². The lowest BCUT2D eigenvalue weighted by Gasteiger charge is -2.04. The first-order valence-corrected chi connectivity index (χ1v) is 9.18. The molecular weight excluding hydrogens is 350 g/mol. The third-order valence-electron chi connectivity index (χ3n) is 4.47. The summed E-state index contributed by atoms with van der Waals surface area (Å²) in [5.74, 6) is -0.596. The summed E-state index contributed by atoms with van der Waals surface area (Å²) in [5, 5.41) is 5.20. The molecule has 1 aliphatic carbocycles. The summed E-state index contributed by atoms with van der Waals surface area (Å²) in [6.07, 6.45) is 4.97. The summed E-state index contributed by atoms with van der Waals surface area (Å²) in [7, 11) is 1.33. The molecule has 2 heterocycles. The first-order chi connectivity index (χ1) is 12.6. The van der Waals surface area contributed by atoms with Crippen molar-refractivity contribution in [1.29, 1.82) is 0 Å². The lowest BCUT2D eigenvalue weighted by atomic mass is 10.1. The molecule has 0 saturated heterocycles. The number of fused-ring (bicyclic) bond motifs is 1. The molecule has 0 fully saturated rings. The quantitative estimate of drug-likeness (QED) is 0.689. The third kappa shape index (κ3) is 3.13. The predicted octanol–water partition coefficient (Wildman–Crippen LogP) is 3.67. The minimum atomic E-state index is -0.434. The molecule has 132 valence electrons. The molecule has 2 N–H and O–H groups in total. The maximum atomic E-state index is 12.5. The van der Waals surface area contributed by atoms with E-state index in [2.05, 4.69) is 20.0 Å². The van der Waals surface area contributed by atoms with Crippen molar-refractivity contribution in [2.75, 3.05) is 12.4 Å². The Bertz CT molecular complexity index is 990. The van der Waals surface area contributed by atoms with Gasteiger partial charge in [-0.1, -0.05) is 6.07 Å². The number of thiazole rings is 1. The fourth-order valence-corrected chi connectivity index (χ4v) is 3.83. The van der Waals surface area contributed by atoms with Crippen LogP contribution in [-0.2, 0) is 17.6 Å². The molecule has 1 aliphatic rings. The first kappa shape index (κ1) is 16.5. The number of rotatable bonds is 4. The summed E-state index contributed by atoms with van der Waals surface area (Å²) in [6, 6.07) is 7.55. The van der Waals surface area contributed by atoms with E-state index < -0.39 is 5.97 Å². The zero-order chi connectivity index (χ0) is 18.1. The Morgan fingerprint density at radius 3 is 2.92 bits per heavy atom. The number of ether oxygens (including phenoxy) is 1. The molecule has 2 aromatic heterocycles. The molecule has 26 heavy (non-hydrogen) atoms. The Balaban J connectivity index is 1.49. The number of carbonyl (C=O) groups is 2. The molecule has 6 nitrogen and oxygen atoms in total. The summed E-state index contributed by atoms with van der Waals surface area (Å²) in [4.78, 5) is 31.3. The number of hydrogen-bond acceptors (Lipinski definition) is 5.